The fraction of sp³-hybridized carbons (Fsp3) is 0.211. The zero-order valence-corrected chi connectivity index (χ0v) is 16.8. The Balaban J connectivity index is 1.71. The lowest BCUT2D eigenvalue weighted by Crippen LogP contribution is -2.36. The maximum absolute atomic E-state index is 13.2. The second-order valence-corrected chi connectivity index (χ2v) is 8.15. The SMILES string of the molecule is CC1C(OS(C)(=O)=O)OC(=O)N1c1ccc(C(=N)NC(=O)c2cccc(F)c2)cc1. The molecule has 2 aromatic carbocycles. The molecular formula is C19H18FN3O6S. The zero-order valence-electron chi connectivity index (χ0n) is 16.0. The zero-order chi connectivity index (χ0) is 22.1. The third-order valence-corrected chi connectivity index (χ3v) is 4.78. The van der Waals surface area contributed by atoms with Crippen molar-refractivity contribution < 1.29 is 31.3 Å². The van der Waals surface area contributed by atoms with Gasteiger partial charge in [0.05, 0.1) is 6.26 Å². The van der Waals surface area contributed by atoms with Gasteiger partial charge in [-0.3, -0.25) is 15.1 Å². The summed E-state index contributed by atoms with van der Waals surface area (Å²) in [4.78, 5) is 25.5. The van der Waals surface area contributed by atoms with E-state index in [0.29, 0.717) is 11.3 Å². The number of carbonyl (C=O) groups excluding carboxylic acids is 2. The fourth-order valence-corrected chi connectivity index (χ4v) is 3.38. The largest absolute Gasteiger partial charge is 0.417 e. The van der Waals surface area contributed by atoms with Crippen LogP contribution in [-0.4, -0.2) is 44.8 Å². The molecule has 2 atom stereocenters. The third-order valence-electron chi connectivity index (χ3n) is 4.24. The highest BCUT2D eigenvalue weighted by molar-refractivity contribution is 7.86. The van der Waals surface area contributed by atoms with Gasteiger partial charge in [0.25, 0.3) is 16.0 Å². The van der Waals surface area contributed by atoms with Gasteiger partial charge < -0.3 is 10.1 Å². The Labute approximate surface area is 172 Å². The minimum absolute atomic E-state index is 0.0712. The molecule has 0 radical (unpaired) electrons. The Kier molecular flexibility index (Phi) is 5.85. The lowest BCUT2D eigenvalue weighted by atomic mass is 10.1. The maximum atomic E-state index is 13.2. The number of benzene rings is 2. The molecule has 1 heterocycles. The second-order valence-electron chi connectivity index (χ2n) is 6.55. The number of carbonyl (C=O) groups is 2. The van der Waals surface area contributed by atoms with Crippen LogP contribution in [0.15, 0.2) is 48.5 Å². The van der Waals surface area contributed by atoms with Gasteiger partial charge >= 0.3 is 6.09 Å². The molecule has 0 bridgehead atoms. The molecule has 0 aliphatic carbocycles. The van der Waals surface area contributed by atoms with Crippen LogP contribution in [0.2, 0.25) is 0 Å². The Hall–Kier alpha value is -3.31. The summed E-state index contributed by atoms with van der Waals surface area (Å²) in [7, 11) is -3.82. The molecule has 2 amide bonds. The number of nitrogens with zero attached hydrogens (tertiary/aromatic N) is 1. The van der Waals surface area contributed by atoms with Crippen molar-refractivity contribution in [3.8, 4) is 0 Å². The summed E-state index contributed by atoms with van der Waals surface area (Å²) in [5, 5.41) is 10.4. The van der Waals surface area contributed by atoms with E-state index in [4.69, 9.17) is 14.3 Å². The maximum Gasteiger partial charge on any atom is 0.417 e. The highest BCUT2D eigenvalue weighted by Gasteiger charge is 2.42. The van der Waals surface area contributed by atoms with Crippen LogP contribution >= 0.6 is 0 Å². The van der Waals surface area contributed by atoms with Gasteiger partial charge in [-0.15, -0.1) is 0 Å². The Morgan fingerprint density at radius 3 is 2.47 bits per heavy atom. The monoisotopic (exact) mass is 435 g/mol. The predicted molar refractivity (Wildman–Crippen MR) is 105 cm³/mol. The quantitative estimate of drug-likeness (QED) is 0.421. The fourth-order valence-electron chi connectivity index (χ4n) is 2.83. The Morgan fingerprint density at radius 1 is 1.20 bits per heavy atom. The van der Waals surface area contributed by atoms with Crippen molar-refractivity contribution in [1.29, 1.82) is 5.41 Å². The van der Waals surface area contributed by atoms with Crippen LogP contribution in [0.3, 0.4) is 0 Å². The molecule has 11 heteroatoms. The first kappa shape index (κ1) is 21.4. The van der Waals surface area contributed by atoms with Gasteiger partial charge in [0.15, 0.2) is 0 Å². The lowest BCUT2D eigenvalue weighted by Gasteiger charge is -2.20. The number of cyclic esters (lactones) is 1. The van der Waals surface area contributed by atoms with Crippen LogP contribution in [0.4, 0.5) is 14.9 Å². The number of anilines is 1. The van der Waals surface area contributed by atoms with E-state index in [2.05, 4.69) is 5.32 Å². The summed E-state index contributed by atoms with van der Waals surface area (Å²) in [6.07, 6.45) is -1.20. The minimum Gasteiger partial charge on any atom is -0.416 e. The molecule has 0 aromatic heterocycles. The average Bonchev–Trinajstić information content (AvgIpc) is 2.93. The van der Waals surface area contributed by atoms with Gasteiger partial charge in [-0.1, -0.05) is 6.07 Å². The van der Waals surface area contributed by atoms with Gasteiger partial charge in [-0.05, 0) is 49.4 Å². The summed E-state index contributed by atoms with van der Waals surface area (Å²) < 4.78 is 45.6. The molecule has 0 saturated carbocycles. The van der Waals surface area contributed by atoms with E-state index in [1.807, 2.05) is 0 Å². The molecule has 1 fully saturated rings. The summed E-state index contributed by atoms with van der Waals surface area (Å²) in [6.45, 7) is 1.57. The molecule has 2 N–H and O–H groups in total. The number of halogens is 1. The van der Waals surface area contributed by atoms with E-state index in [1.165, 1.54) is 47.4 Å². The number of amidine groups is 1. The first-order chi connectivity index (χ1) is 14.0. The van der Waals surface area contributed by atoms with E-state index < -0.39 is 40.3 Å². The molecule has 2 aromatic rings. The standard InChI is InChI=1S/C19H18FN3O6S/c1-11-18(29-30(2,26)27)28-19(25)23(11)15-8-6-12(7-9-15)16(21)22-17(24)13-4-3-5-14(20)10-13/h3-11,18H,1-2H3,(H2,21,22,24). The van der Waals surface area contributed by atoms with Crippen molar-refractivity contribution in [2.75, 3.05) is 11.2 Å². The van der Waals surface area contributed by atoms with Crippen LogP contribution in [-0.2, 0) is 19.0 Å². The molecular weight excluding hydrogens is 417 g/mol. The molecule has 158 valence electrons. The summed E-state index contributed by atoms with van der Waals surface area (Å²) in [5.74, 6) is -1.42. The summed E-state index contributed by atoms with van der Waals surface area (Å²) in [5.41, 5.74) is 0.801. The number of rotatable bonds is 5. The Morgan fingerprint density at radius 2 is 1.87 bits per heavy atom. The van der Waals surface area contributed by atoms with Crippen molar-refractivity contribution in [2.24, 2.45) is 0 Å². The normalized spacial score (nSPS) is 18.8. The van der Waals surface area contributed by atoms with Crippen LogP contribution in [0, 0.1) is 11.2 Å². The van der Waals surface area contributed by atoms with Crippen molar-refractivity contribution >= 4 is 33.6 Å². The van der Waals surface area contributed by atoms with Crippen molar-refractivity contribution in [3.05, 3.63) is 65.5 Å². The van der Waals surface area contributed by atoms with E-state index >= 15 is 0 Å². The number of nitrogens with one attached hydrogen (secondary N) is 2. The van der Waals surface area contributed by atoms with Gasteiger partial charge in [0, 0.05) is 16.8 Å². The number of hydrogen-bond donors (Lipinski definition) is 2. The van der Waals surface area contributed by atoms with E-state index in [-0.39, 0.29) is 11.4 Å². The molecule has 30 heavy (non-hydrogen) atoms. The van der Waals surface area contributed by atoms with E-state index in [9.17, 15) is 22.4 Å². The molecule has 0 spiro atoms. The smallest absolute Gasteiger partial charge is 0.416 e. The van der Waals surface area contributed by atoms with Crippen molar-refractivity contribution in [2.45, 2.75) is 19.3 Å². The summed E-state index contributed by atoms with van der Waals surface area (Å²) >= 11 is 0. The molecule has 9 nitrogen and oxygen atoms in total. The summed E-state index contributed by atoms with van der Waals surface area (Å²) in [6, 6.07) is 10.4. The van der Waals surface area contributed by atoms with Gasteiger partial charge in [0.1, 0.15) is 17.7 Å². The predicted octanol–water partition coefficient (Wildman–Crippen LogP) is 2.23. The molecule has 2 unspecified atom stereocenters. The minimum atomic E-state index is -3.82. The highest BCUT2D eigenvalue weighted by Crippen LogP contribution is 2.28. The highest BCUT2D eigenvalue weighted by atomic mass is 32.2. The first-order valence-corrected chi connectivity index (χ1v) is 10.5. The van der Waals surface area contributed by atoms with E-state index in [0.717, 1.165) is 12.3 Å². The number of amides is 2. The van der Waals surface area contributed by atoms with Crippen LogP contribution in [0.5, 0.6) is 0 Å². The first-order valence-electron chi connectivity index (χ1n) is 8.69. The average molecular weight is 435 g/mol. The number of hydrogen-bond acceptors (Lipinski definition) is 7. The molecule has 1 aliphatic heterocycles. The van der Waals surface area contributed by atoms with Crippen molar-refractivity contribution in [1.82, 2.24) is 5.32 Å². The lowest BCUT2D eigenvalue weighted by molar-refractivity contribution is -0.00472. The number of ether oxygens (including phenoxy) is 1. The molecule has 1 aliphatic rings. The van der Waals surface area contributed by atoms with Gasteiger partial charge in [0.2, 0.25) is 6.29 Å². The molecule has 3 rings (SSSR count). The second kappa shape index (κ2) is 8.20. The topological polar surface area (TPSA) is 126 Å². The van der Waals surface area contributed by atoms with Crippen molar-refractivity contribution in [3.63, 3.8) is 0 Å². The van der Waals surface area contributed by atoms with Gasteiger partial charge in [-0.25, -0.2) is 13.4 Å². The van der Waals surface area contributed by atoms with E-state index in [1.54, 1.807) is 6.92 Å². The third kappa shape index (κ3) is 4.81. The molecule has 1 saturated heterocycles. The Bertz CT molecular complexity index is 1100. The van der Waals surface area contributed by atoms with Crippen LogP contribution < -0.4 is 10.2 Å². The van der Waals surface area contributed by atoms with Gasteiger partial charge in [-0.2, -0.15) is 8.42 Å². The van der Waals surface area contributed by atoms with Crippen LogP contribution in [0.25, 0.3) is 0 Å². The van der Waals surface area contributed by atoms with Crippen LogP contribution in [0.1, 0.15) is 22.8 Å².